The van der Waals surface area contributed by atoms with Crippen molar-refractivity contribution in [2.75, 3.05) is 6.61 Å². The van der Waals surface area contributed by atoms with E-state index in [1.165, 1.54) is 89.9 Å². The molecule has 1 heterocycles. The van der Waals surface area contributed by atoms with Crippen molar-refractivity contribution in [2.45, 2.75) is 122 Å². The van der Waals surface area contributed by atoms with Crippen LogP contribution in [0.15, 0.2) is 0 Å². The van der Waals surface area contributed by atoms with Gasteiger partial charge in [-0.2, -0.15) is 0 Å². The van der Waals surface area contributed by atoms with Gasteiger partial charge in [0.1, 0.15) is 6.10 Å². The number of epoxide rings is 1. The lowest BCUT2D eigenvalue weighted by Gasteiger charge is -2.06. The standard InChI is InChI=1S/C20H40O2/c1-3-4-5-6-7-8-9-10-11-12-13-14-15-16-17-20(2)19(18-21)22-20/h19,21H,3-18H2,1-2H3/t19-,20+/m0/s1. The molecule has 1 saturated heterocycles. The third kappa shape index (κ3) is 9.15. The fourth-order valence-electron chi connectivity index (χ4n) is 3.41. The Kier molecular flexibility index (Phi) is 11.2. The molecule has 0 spiro atoms. The molecule has 0 unspecified atom stereocenters. The summed E-state index contributed by atoms with van der Waals surface area (Å²) < 4.78 is 5.52. The maximum Gasteiger partial charge on any atom is 0.110 e. The third-order valence-electron chi connectivity index (χ3n) is 5.23. The van der Waals surface area contributed by atoms with E-state index in [1.807, 2.05) is 0 Å². The Labute approximate surface area is 139 Å². The van der Waals surface area contributed by atoms with Crippen LogP contribution in [0, 0.1) is 0 Å². The minimum atomic E-state index is 0.00583. The second kappa shape index (κ2) is 12.4. The largest absolute Gasteiger partial charge is 0.394 e. The molecule has 0 radical (unpaired) electrons. The summed E-state index contributed by atoms with van der Waals surface area (Å²) >= 11 is 0. The topological polar surface area (TPSA) is 32.8 Å². The van der Waals surface area contributed by atoms with Gasteiger partial charge in [-0.15, -0.1) is 0 Å². The molecule has 0 aliphatic carbocycles. The van der Waals surface area contributed by atoms with Crippen LogP contribution >= 0.6 is 0 Å². The van der Waals surface area contributed by atoms with Crippen molar-refractivity contribution in [1.29, 1.82) is 0 Å². The van der Waals surface area contributed by atoms with Crippen molar-refractivity contribution in [3.8, 4) is 0 Å². The smallest absolute Gasteiger partial charge is 0.110 e. The molecule has 2 heteroatoms. The van der Waals surface area contributed by atoms with E-state index in [0.717, 1.165) is 6.42 Å². The van der Waals surface area contributed by atoms with E-state index in [-0.39, 0.29) is 18.3 Å². The van der Waals surface area contributed by atoms with Crippen LogP contribution in [0.3, 0.4) is 0 Å². The first-order valence-corrected chi connectivity index (χ1v) is 10.0. The van der Waals surface area contributed by atoms with E-state index >= 15 is 0 Å². The Hall–Kier alpha value is -0.0800. The fraction of sp³-hybridized carbons (Fsp3) is 1.00. The normalized spacial score (nSPS) is 23.9. The molecule has 22 heavy (non-hydrogen) atoms. The number of ether oxygens (including phenoxy) is 1. The molecule has 0 aromatic heterocycles. The molecular formula is C20H40O2. The summed E-state index contributed by atoms with van der Waals surface area (Å²) in [5.41, 5.74) is 0.00583. The predicted molar refractivity (Wildman–Crippen MR) is 95.3 cm³/mol. The molecule has 1 aliphatic rings. The zero-order valence-electron chi connectivity index (χ0n) is 15.2. The second-order valence-corrected chi connectivity index (χ2v) is 7.45. The van der Waals surface area contributed by atoms with Crippen molar-refractivity contribution in [3.63, 3.8) is 0 Å². The summed E-state index contributed by atoms with van der Waals surface area (Å²) in [4.78, 5) is 0. The van der Waals surface area contributed by atoms with Gasteiger partial charge in [-0.1, -0.05) is 96.8 Å². The van der Waals surface area contributed by atoms with Crippen LogP contribution in [0.25, 0.3) is 0 Å². The Bertz CT molecular complexity index is 254. The van der Waals surface area contributed by atoms with Gasteiger partial charge in [0.2, 0.25) is 0 Å². The Morgan fingerprint density at radius 1 is 0.727 bits per heavy atom. The molecule has 0 aromatic rings. The lowest BCUT2D eigenvalue weighted by molar-refractivity contribution is 0.234. The van der Waals surface area contributed by atoms with Crippen LogP contribution < -0.4 is 0 Å². The summed E-state index contributed by atoms with van der Waals surface area (Å²) in [7, 11) is 0. The lowest BCUT2D eigenvalue weighted by Crippen LogP contribution is -2.12. The van der Waals surface area contributed by atoms with Crippen LogP contribution in [0.5, 0.6) is 0 Å². The Morgan fingerprint density at radius 3 is 1.50 bits per heavy atom. The summed E-state index contributed by atoms with van der Waals surface area (Å²) in [5.74, 6) is 0. The Morgan fingerprint density at radius 2 is 1.14 bits per heavy atom. The number of rotatable bonds is 16. The molecule has 1 N–H and O–H groups in total. The van der Waals surface area contributed by atoms with Gasteiger partial charge in [0.05, 0.1) is 12.2 Å². The second-order valence-electron chi connectivity index (χ2n) is 7.45. The first-order valence-electron chi connectivity index (χ1n) is 10.0. The van der Waals surface area contributed by atoms with E-state index in [1.54, 1.807) is 0 Å². The van der Waals surface area contributed by atoms with Crippen molar-refractivity contribution in [2.24, 2.45) is 0 Å². The number of aliphatic hydroxyl groups excluding tert-OH is 1. The number of hydrogen-bond donors (Lipinski definition) is 1. The van der Waals surface area contributed by atoms with E-state index in [2.05, 4.69) is 13.8 Å². The van der Waals surface area contributed by atoms with Gasteiger partial charge in [0, 0.05) is 0 Å². The van der Waals surface area contributed by atoms with Gasteiger partial charge in [-0.05, 0) is 13.3 Å². The van der Waals surface area contributed by atoms with Gasteiger partial charge >= 0.3 is 0 Å². The van der Waals surface area contributed by atoms with Crippen molar-refractivity contribution in [1.82, 2.24) is 0 Å². The molecule has 1 aliphatic heterocycles. The van der Waals surface area contributed by atoms with Gasteiger partial charge in [0.15, 0.2) is 0 Å². The fourth-order valence-corrected chi connectivity index (χ4v) is 3.41. The van der Waals surface area contributed by atoms with E-state index < -0.39 is 0 Å². The van der Waals surface area contributed by atoms with E-state index in [4.69, 9.17) is 9.84 Å². The third-order valence-corrected chi connectivity index (χ3v) is 5.23. The lowest BCUT2D eigenvalue weighted by atomic mass is 9.98. The first kappa shape index (κ1) is 20.0. The maximum atomic E-state index is 9.03. The Balaban J connectivity index is 1.70. The molecule has 1 fully saturated rings. The zero-order chi connectivity index (χ0) is 16.1. The highest BCUT2D eigenvalue weighted by atomic mass is 16.6. The van der Waals surface area contributed by atoms with E-state index in [0.29, 0.717) is 0 Å². The van der Waals surface area contributed by atoms with Gasteiger partial charge < -0.3 is 9.84 Å². The minimum Gasteiger partial charge on any atom is -0.394 e. The highest BCUT2D eigenvalue weighted by Crippen LogP contribution is 2.40. The monoisotopic (exact) mass is 312 g/mol. The summed E-state index contributed by atoms with van der Waals surface area (Å²) in [5, 5.41) is 9.03. The molecule has 2 nitrogen and oxygen atoms in total. The van der Waals surface area contributed by atoms with Crippen LogP contribution in [-0.2, 0) is 4.74 Å². The van der Waals surface area contributed by atoms with Crippen molar-refractivity contribution in [3.05, 3.63) is 0 Å². The molecule has 0 aromatic carbocycles. The maximum absolute atomic E-state index is 9.03. The van der Waals surface area contributed by atoms with E-state index in [9.17, 15) is 0 Å². The molecular weight excluding hydrogens is 272 g/mol. The molecule has 0 bridgehead atoms. The van der Waals surface area contributed by atoms with Crippen molar-refractivity contribution < 1.29 is 9.84 Å². The van der Waals surface area contributed by atoms with Gasteiger partial charge in [-0.3, -0.25) is 0 Å². The predicted octanol–water partition coefficient (Wildman–Crippen LogP) is 6.01. The summed E-state index contributed by atoms with van der Waals surface area (Å²) in [6.45, 7) is 4.61. The average molecular weight is 313 g/mol. The molecule has 0 amide bonds. The quantitative estimate of drug-likeness (QED) is 0.280. The summed E-state index contributed by atoms with van der Waals surface area (Å²) in [6, 6.07) is 0. The first-order chi connectivity index (χ1) is 10.7. The average Bonchev–Trinajstić information content (AvgIpc) is 3.18. The highest BCUT2D eigenvalue weighted by Gasteiger charge is 2.50. The van der Waals surface area contributed by atoms with Crippen LogP contribution in [-0.4, -0.2) is 23.4 Å². The SMILES string of the molecule is CCCCCCCCCCCCCCCC[C@@]1(C)O[C@H]1CO. The molecule has 132 valence electrons. The molecule has 2 atom stereocenters. The number of aliphatic hydroxyl groups is 1. The highest BCUT2D eigenvalue weighted by molar-refractivity contribution is 4.98. The van der Waals surface area contributed by atoms with Gasteiger partial charge in [-0.25, -0.2) is 0 Å². The molecule has 1 rings (SSSR count). The zero-order valence-corrected chi connectivity index (χ0v) is 15.2. The number of unbranched alkanes of at least 4 members (excludes halogenated alkanes) is 13. The van der Waals surface area contributed by atoms with Crippen molar-refractivity contribution >= 4 is 0 Å². The van der Waals surface area contributed by atoms with Gasteiger partial charge in [0.25, 0.3) is 0 Å². The molecule has 0 saturated carbocycles. The summed E-state index contributed by atoms with van der Waals surface area (Å²) in [6.07, 6.45) is 20.9. The van der Waals surface area contributed by atoms with Crippen LogP contribution in [0.4, 0.5) is 0 Å². The van der Waals surface area contributed by atoms with Crippen LogP contribution in [0.2, 0.25) is 0 Å². The number of hydrogen-bond acceptors (Lipinski definition) is 2. The minimum absolute atomic E-state index is 0.00583. The van der Waals surface area contributed by atoms with Crippen LogP contribution in [0.1, 0.15) is 110 Å².